The summed E-state index contributed by atoms with van der Waals surface area (Å²) in [6.45, 7) is 2.94. The summed E-state index contributed by atoms with van der Waals surface area (Å²) in [6.07, 6.45) is 2.34. The summed E-state index contributed by atoms with van der Waals surface area (Å²) in [5.74, 6) is 2.54. The molecule has 0 unspecified atom stereocenters. The lowest BCUT2D eigenvalue weighted by atomic mass is 10.1. The maximum absolute atomic E-state index is 5.45. The van der Waals surface area contributed by atoms with Crippen LogP contribution in [0.25, 0.3) is 22.4 Å². The van der Waals surface area contributed by atoms with Crippen molar-refractivity contribution in [3.05, 3.63) is 54.2 Å². The highest BCUT2D eigenvalue weighted by atomic mass is 16.5. The van der Waals surface area contributed by atoms with Crippen molar-refractivity contribution in [3.8, 4) is 22.9 Å². The first-order chi connectivity index (χ1) is 13.2. The van der Waals surface area contributed by atoms with Gasteiger partial charge in [-0.2, -0.15) is 4.98 Å². The summed E-state index contributed by atoms with van der Waals surface area (Å²) in [5, 5.41) is 4.14. The number of imidazole rings is 1. The molecule has 27 heavy (non-hydrogen) atoms. The van der Waals surface area contributed by atoms with Crippen LogP contribution in [0.5, 0.6) is 11.5 Å². The van der Waals surface area contributed by atoms with Gasteiger partial charge in [0, 0.05) is 18.2 Å². The summed E-state index contributed by atoms with van der Waals surface area (Å²) in [6, 6.07) is 11.7. The minimum atomic E-state index is 0.496. The van der Waals surface area contributed by atoms with E-state index in [1.165, 1.54) is 0 Å². The van der Waals surface area contributed by atoms with E-state index in [1.807, 2.05) is 42.7 Å². The van der Waals surface area contributed by atoms with Gasteiger partial charge in [-0.25, -0.2) is 4.98 Å². The van der Waals surface area contributed by atoms with Gasteiger partial charge in [0.15, 0.2) is 0 Å². The lowest BCUT2D eigenvalue weighted by Crippen LogP contribution is -1.93. The Balaban J connectivity index is 1.62. The molecule has 4 rings (SSSR count). The smallest absolute Gasteiger partial charge is 0.231 e. The van der Waals surface area contributed by atoms with Gasteiger partial charge in [0.1, 0.15) is 11.5 Å². The standard InChI is InChI=1S/C20H20N4O3/c1-4-24-12-21-17-6-5-14(10-18(17)24)20-22-19(27-23-20)9-13-7-15(25-2)11-16(8-13)26-3/h5-8,10-12H,4,9H2,1-3H3. The molecule has 2 heterocycles. The molecule has 0 aliphatic heterocycles. The van der Waals surface area contributed by atoms with Gasteiger partial charge >= 0.3 is 0 Å². The Morgan fingerprint density at radius 2 is 1.81 bits per heavy atom. The summed E-state index contributed by atoms with van der Waals surface area (Å²) in [4.78, 5) is 8.94. The van der Waals surface area contributed by atoms with E-state index in [4.69, 9.17) is 14.0 Å². The highest BCUT2D eigenvalue weighted by Crippen LogP contribution is 2.25. The average molecular weight is 364 g/mol. The topological polar surface area (TPSA) is 75.2 Å². The van der Waals surface area contributed by atoms with Crippen LogP contribution in [0.15, 0.2) is 47.2 Å². The molecule has 0 aliphatic rings. The molecule has 0 N–H and O–H groups in total. The Labute approximate surface area is 156 Å². The second-order valence-corrected chi connectivity index (χ2v) is 6.14. The van der Waals surface area contributed by atoms with Crippen LogP contribution in [-0.2, 0) is 13.0 Å². The number of fused-ring (bicyclic) bond motifs is 1. The van der Waals surface area contributed by atoms with Crippen LogP contribution in [0.4, 0.5) is 0 Å². The maximum Gasteiger partial charge on any atom is 0.231 e. The Morgan fingerprint density at radius 3 is 2.52 bits per heavy atom. The van der Waals surface area contributed by atoms with Gasteiger partial charge in [-0.05, 0) is 42.8 Å². The van der Waals surface area contributed by atoms with Crippen LogP contribution >= 0.6 is 0 Å². The summed E-state index contributed by atoms with van der Waals surface area (Å²) in [7, 11) is 3.25. The Morgan fingerprint density at radius 1 is 1.04 bits per heavy atom. The number of nitrogens with zero attached hydrogens (tertiary/aromatic N) is 4. The Kier molecular flexibility index (Phi) is 4.50. The number of aromatic nitrogens is 4. The zero-order chi connectivity index (χ0) is 18.8. The highest BCUT2D eigenvalue weighted by Gasteiger charge is 2.12. The van der Waals surface area contributed by atoms with Crippen LogP contribution in [0.1, 0.15) is 18.4 Å². The summed E-state index contributed by atoms with van der Waals surface area (Å²) >= 11 is 0. The molecule has 0 saturated carbocycles. The monoisotopic (exact) mass is 364 g/mol. The quantitative estimate of drug-likeness (QED) is 0.519. The van der Waals surface area contributed by atoms with Crippen molar-refractivity contribution in [2.75, 3.05) is 14.2 Å². The zero-order valence-electron chi connectivity index (χ0n) is 15.5. The van der Waals surface area contributed by atoms with Gasteiger partial charge in [0.25, 0.3) is 0 Å². The third kappa shape index (κ3) is 3.36. The van der Waals surface area contributed by atoms with Crippen LogP contribution < -0.4 is 9.47 Å². The van der Waals surface area contributed by atoms with E-state index >= 15 is 0 Å². The normalized spacial score (nSPS) is 11.1. The molecule has 2 aromatic heterocycles. The first-order valence-corrected chi connectivity index (χ1v) is 8.70. The number of rotatable bonds is 6. The summed E-state index contributed by atoms with van der Waals surface area (Å²) < 4.78 is 18.2. The molecule has 7 nitrogen and oxygen atoms in total. The first-order valence-electron chi connectivity index (χ1n) is 8.70. The van der Waals surface area contributed by atoms with Crippen molar-refractivity contribution in [3.63, 3.8) is 0 Å². The predicted octanol–water partition coefficient (Wildman–Crippen LogP) is 3.71. The number of aryl methyl sites for hydroxylation is 1. The van der Waals surface area contributed by atoms with Gasteiger partial charge in [-0.1, -0.05) is 5.16 Å². The van der Waals surface area contributed by atoms with E-state index in [0.29, 0.717) is 18.1 Å². The highest BCUT2D eigenvalue weighted by molar-refractivity contribution is 5.80. The second-order valence-electron chi connectivity index (χ2n) is 6.14. The van der Waals surface area contributed by atoms with Crippen molar-refractivity contribution >= 4 is 11.0 Å². The van der Waals surface area contributed by atoms with Gasteiger partial charge < -0.3 is 18.6 Å². The lowest BCUT2D eigenvalue weighted by molar-refractivity contribution is 0.382. The zero-order valence-corrected chi connectivity index (χ0v) is 15.5. The van der Waals surface area contributed by atoms with Crippen molar-refractivity contribution < 1.29 is 14.0 Å². The fourth-order valence-electron chi connectivity index (χ4n) is 3.03. The SMILES string of the molecule is CCn1cnc2ccc(-c3noc(Cc4cc(OC)cc(OC)c4)n3)cc21. The third-order valence-electron chi connectivity index (χ3n) is 4.45. The van der Waals surface area contributed by atoms with Gasteiger partial charge in [-0.15, -0.1) is 0 Å². The van der Waals surface area contributed by atoms with E-state index in [0.717, 1.165) is 40.2 Å². The molecule has 7 heteroatoms. The average Bonchev–Trinajstić information content (AvgIpc) is 3.33. The molecule has 0 radical (unpaired) electrons. The molecular weight excluding hydrogens is 344 g/mol. The summed E-state index contributed by atoms with van der Waals surface area (Å²) in [5.41, 5.74) is 3.88. The molecule has 0 bridgehead atoms. The van der Waals surface area contributed by atoms with Crippen LogP contribution in [0.2, 0.25) is 0 Å². The predicted molar refractivity (Wildman–Crippen MR) is 101 cm³/mol. The molecular formula is C20H20N4O3. The van der Waals surface area contributed by atoms with Gasteiger partial charge in [0.2, 0.25) is 11.7 Å². The minimum absolute atomic E-state index is 0.496. The van der Waals surface area contributed by atoms with Crippen LogP contribution in [0.3, 0.4) is 0 Å². The molecule has 0 spiro atoms. The van der Waals surface area contributed by atoms with Crippen molar-refractivity contribution in [2.45, 2.75) is 19.9 Å². The van der Waals surface area contributed by atoms with Crippen molar-refractivity contribution in [1.29, 1.82) is 0 Å². The Hall–Kier alpha value is -3.35. The van der Waals surface area contributed by atoms with Crippen molar-refractivity contribution in [1.82, 2.24) is 19.7 Å². The van der Waals surface area contributed by atoms with Crippen LogP contribution in [-0.4, -0.2) is 33.9 Å². The number of hydrogen-bond donors (Lipinski definition) is 0. The molecule has 0 atom stereocenters. The molecule has 0 aliphatic carbocycles. The van der Waals surface area contributed by atoms with E-state index in [2.05, 4.69) is 26.6 Å². The van der Waals surface area contributed by atoms with Gasteiger partial charge in [0.05, 0.1) is 38.0 Å². The van der Waals surface area contributed by atoms with Gasteiger partial charge in [-0.3, -0.25) is 0 Å². The largest absolute Gasteiger partial charge is 0.497 e. The molecule has 0 fully saturated rings. The Bertz CT molecular complexity index is 1060. The maximum atomic E-state index is 5.45. The number of benzene rings is 2. The fraction of sp³-hybridized carbons (Fsp3) is 0.250. The van der Waals surface area contributed by atoms with Crippen LogP contribution in [0, 0.1) is 0 Å². The van der Waals surface area contributed by atoms with Crippen molar-refractivity contribution in [2.24, 2.45) is 0 Å². The molecule has 0 amide bonds. The molecule has 0 saturated heterocycles. The number of methoxy groups -OCH3 is 2. The molecule has 4 aromatic rings. The van der Waals surface area contributed by atoms with E-state index in [-0.39, 0.29) is 0 Å². The second kappa shape index (κ2) is 7.11. The van der Waals surface area contributed by atoms with E-state index < -0.39 is 0 Å². The first kappa shape index (κ1) is 17.1. The number of ether oxygens (including phenoxy) is 2. The third-order valence-corrected chi connectivity index (χ3v) is 4.45. The minimum Gasteiger partial charge on any atom is -0.497 e. The van der Waals surface area contributed by atoms with E-state index in [9.17, 15) is 0 Å². The molecule has 2 aromatic carbocycles. The lowest BCUT2D eigenvalue weighted by Gasteiger charge is -2.06. The molecule has 138 valence electrons. The fourth-order valence-corrected chi connectivity index (χ4v) is 3.03. The number of hydrogen-bond acceptors (Lipinski definition) is 6. The van der Waals surface area contributed by atoms with E-state index in [1.54, 1.807) is 14.2 Å².